The molecule has 8 heteroatoms. The van der Waals surface area contributed by atoms with Crippen LogP contribution in [0.3, 0.4) is 0 Å². The normalized spacial score (nSPS) is 19.2. The van der Waals surface area contributed by atoms with Crippen LogP contribution in [0.15, 0.2) is 28.2 Å². The van der Waals surface area contributed by atoms with Gasteiger partial charge in [-0.2, -0.15) is 4.99 Å². The molecule has 1 aliphatic heterocycles. The number of benzene rings is 1. The van der Waals surface area contributed by atoms with E-state index in [2.05, 4.69) is 15.3 Å². The molecule has 0 saturated heterocycles. The lowest BCUT2D eigenvalue weighted by Crippen LogP contribution is -2.58. The number of anilines is 1. The van der Waals surface area contributed by atoms with Crippen LogP contribution in [0.5, 0.6) is 5.75 Å². The summed E-state index contributed by atoms with van der Waals surface area (Å²) < 4.78 is 5.51. The molecule has 1 amide bonds. The van der Waals surface area contributed by atoms with Gasteiger partial charge in [0.2, 0.25) is 11.9 Å². The van der Waals surface area contributed by atoms with Crippen LogP contribution in [0.1, 0.15) is 42.5 Å². The van der Waals surface area contributed by atoms with Gasteiger partial charge in [0.05, 0.1) is 12.8 Å². The van der Waals surface area contributed by atoms with E-state index in [0.717, 1.165) is 32.1 Å². The highest BCUT2D eigenvalue weighted by atomic mass is 16.5. The first-order chi connectivity index (χ1) is 12.0. The monoisotopic (exact) mass is 344 g/mol. The predicted molar refractivity (Wildman–Crippen MR) is 97.9 cm³/mol. The van der Waals surface area contributed by atoms with E-state index < -0.39 is 5.66 Å². The van der Waals surface area contributed by atoms with Crippen molar-refractivity contribution in [2.75, 3.05) is 19.1 Å². The number of rotatable bonds is 3. The molecule has 1 fully saturated rings. The Morgan fingerprint density at radius 1 is 1.28 bits per heavy atom. The summed E-state index contributed by atoms with van der Waals surface area (Å²) >= 11 is 0. The standard InChI is InChI=1S/C17H24N6O2/c1-20-14(24)11-6-7-13(25-2)12(10-11)23-16(19)21-15(18)22-17(23)8-4-3-5-9-17/h6-7,10H,3-5,8-9H2,1-2H3,(H,20,24)(H4,18,19,21,22). The number of nitrogens with one attached hydrogen (secondary N) is 1. The average molecular weight is 344 g/mol. The van der Waals surface area contributed by atoms with Gasteiger partial charge in [-0.1, -0.05) is 6.42 Å². The van der Waals surface area contributed by atoms with E-state index in [4.69, 9.17) is 16.2 Å². The number of hydrogen-bond donors (Lipinski definition) is 3. The van der Waals surface area contributed by atoms with Crippen LogP contribution in [0.25, 0.3) is 0 Å². The molecular weight excluding hydrogens is 320 g/mol. The SMILES string of the molecule is CNC(=O)c1ccc(OC)c(N2C(N)=NC(N)=NC23CCCCC3)c1. The van der Waals surface area contributed by atoms with Gasteiger partial charge in [-0.15, -0.1) is 0 Å². The van der Waals surface area contributed by atoms with Crippen molar-refractivity contribution < 1.29 is 9.53 Å². The van der Waals surface area contributed by atoms with Crippen LogP contribution in [-0.2, 0) is 0 Å². The zero-order valence-corrected chi connectivity index (χ0v) is 14.6. The summed E-state index contributed by atoms with van der Waals surface area (Å²) in [7, 11) is 3.18. The molecule has 134 valence electrons. The van der Waals surface area contributed by atoms with E-state index in [1.807, 2.05) is 4.90 Å². The molecule has 0 unspecified atom stereocenters. The number of carbonyl (C=O) groups is 1. The molecule has 1 aromatic carbocycles. The van der Waals surface area contributed by atoms with Gasteiger partial charge in [0.15, 0.2) is 0 Å². The van der Waals surface area contributed by atoms with E-state index >= 15 is 0 Å². The first-order valence-corrected chi connectivity index (χ1v) is 8.40. The van der Waals surface area contributed by atoms with E-state index in [1.165, 1.54) is 0 Å². The van der Waals surface area contributed by atoms with E-state index in [9.17, 15) is 4.79 Å². The first-order valence-electron chi connectivity index (χ1n) is 8.40. The Labute approximate surface area is 146 Å². The minimum atomic E-state index is -0.581. The Balaban J connectivity index is 2.14. The third-order valence-electron chi connectivity index (χ3n) is 4.76. The third-order valence-corrected chi connectivity index (χ3v) is 4.76. The molecule has 0 aromatic heterocycles. The van der Waals surface area contributed by atoms with E-state index in [0.29, 0.717) is 17.0 Å². The van der Waals surface area contributed by atoms with Crippen molar-refractivity contribution in [3.05, 3.63) is 23.8 Å². The third kappa shape index (κ3) is 2.99. The second-order valence-corrected chi connectivity index (χ2v) is 6.28. The predicted octanol–water partition coefficient (Wildman–Crippen LogP) is 1.16. The van der Waals surface area contributed by atoms with Crippen molar-refractivity contribution in [1.29, 1.82) is 0 Å². The number of nitrogens with two attached hydrogens (primary N) is 2. The molecule has 0 atom stereocenters. The number of carbonyl (C=O) groups excluding carboxylic acids is 1. The molecule has 5 N–H and O–H groups in total. The van der Waals surface area contributed by atoms with E-state index in [1.54, 1.807) is 32.4 Å². The summed E-state index contributed by atoms with van der Waals surface area (Å²) in [6, 6.07) is 5.22. The molecule has 1 aromatic rings. The molecule has 8 nitrogen and oxygen atoms in total. The van der Waals surface area contributed by atoms with Crippen molar-refractivity contribution in [3.63, 3.8) is 0 Å². The van der Waals surface area contributed by atoms with Gasteiger partial charge in [-0.05, 0) is 43.9 Å². The quantitative estimate of drug-likeness (QED) is 0.760. The van der Waals surface area contributed by atoms with Crippen LogP contribution in [-0.4, -0.2) is 37.6 Å². The maximum atomic E-state index is 12.1. The van der Waals surface area contributed by atoms with Crippen molar-refractivity contribution in [2.24, 2.45) is 21.5 Å². The number of guanidine groups is 2. The Morgan fingerprint density at radius 3 is 2.64 bits per heavy atom. The van der Waals surface area contributed by atoms with Gasteiger partial charge in [0, 0.05) is 12.6 Å². The first kappa shape index (κ1) is 17.1. The number of hydrogen-bond acceptors (Lipinski definition) is 7. The summed E-state index contributed by atoms with van der Waals surface area (Å²) in [5.41, 5.74) is 12.8. The second kappa shape index (κ2) is 6.62. The van der Waals surface area contributed by atoms with Gasteiger partial charge in [0.25, 0.3) is 5.91 Å². The number of methoxy groups -OCH3 is 1. The Bertz CT molecular complexity index is 737. The highest BCUT2D eigenvalue weighted by Crippen LogP contribution is 2.42. The second-order valence-electron chi connectivity index (χ2n) is 6.28. The van der Waals surface area contributed by atoms with Crippen LogP contribution in [0.2, 0.25) is 0 Å². The molecule has 1 spiro atoms. The zero-order chi connectivity index (χ0) is 18.0. The average Bonchev–Trinajstić information content (AvgIpc) is 2.60. The van der Waals surface area contributed by atoms with Crippen LogP contribution in [0, 0.1) is 0 Å². The lowest BCUT2D eigenvalue weighted by molar-refractivity contribution is 0.0963. The molecule has 3 rings (SSSR count). The molecule has 1 saturated carbocycles. The minimum absolute atomic E-state index is 0.183. The maximum absolute atomic E-state index is 12.1. The Hall–Kier alpha value is -2.77. The fourth-order valence-corrected chi connectivity index (χ4v) is 3.62. The van der Waals surface area contributed by atoms with E-state index in [-0.39, 0.29) is 17.8 Å². The number of aliphatic imine (C=N–C) groups is 2. The van der Waals surface area contributed by atoms with Crippen molar-refractivity contribution in [3.8, 4) is 5.75 Å². The van der Waals surface area contributed by atoms with Crippen LogP contribution >= 0.6 is 0 Å². The highest BCUT2D eigenvalue weighted by Gasteiger charge is 2.43. The lowest BCUT2D eigenvalue weighted by Gasteiger charge is -2.45. The van der Waals surface area contributed by atoms with Crippen molar-refractivity contribution in [1.82, 2.24) is 5.32 Å². The summed E-state index contributed by atoms with van der Waals surface area (Å²) in [5, 5.41) is 2.63. The largest absolute Gasteiger partial charge is 0.495 e. The van der Waals surface area contributed by atoms with Gasteiger partial charge in [0.1, 0.15) is 11.4 Å². The molecule has 1 aliphatic carbocycles. The molecule has 1 heterocycles. The van der Waals surface area contributed by atoms with Gasteiger partial charge >= 0.3 is 0 Å². The molecule has 2 aliphatic rings. The summed E-state index contributed by atoms with van der Waals surface area (Å²) in [6.07, 6.45) is 4.84. The van der Waals surface area contributed by atoms with Crippen molar-refractivity contribution in [2.45, 2.75) is 37.8 Å². The summed E-state index contributed by atoms with van der Waals surface area (Å²) in [5.74, 6) is 0.877. The fraction of sp³-hybridized carbons (Fsp3) is 0.471. The Kier molecular flexibility index (Phi) is 4.52. The molecular formula is C17H24N6O2. The van der Waals surface area contributed by atoms with Crippen LogP contribution in [0.4, 0.5) is 5.69 Å². The molecule has 0 bridgehead atoms. The van der Waals surface area contributed by atoms with Gasteiger partial charge in [-0.25, -0.2) is 4.99 Å². The summed E-state index contributed by atoms with van der Waals surface area (Å²) in [6.45, 7) is 0. The molecule has 0 radical (unpaired) electrons. The fourth-order valence-electron chi connectivity index (χ4n) is 3.62. The van der Waals surface area contributed by atoms with Gasteiger partial charge < -0.3 is 21.5 Å². The maximum Gasteiger partial charge on any atom is 0.251 e. The topological polar surface area (TPSA) is 118 Å². The van der Waals surface area contributed by atoms with Gasteiger partial charge in [-0.3, -0.25) is 9.69 Å². The zero-order valence-electron chi connectivity index (χ0n) is 14.6. The van der Waals surface area contributed by atoms with Crippen LogP contribution < -0.4 is 26.4 Å². The molecule has 25 heavy (non-hydrogen) atoms. The number of ether oxygens (including phenoxy) is 1. The smallest absolute Gasteiger partial charge is 0.251 e. The summed E-state index contributed by atoms with van der Waals surface area (Å²) in [4.78, 5) is 22.7. The number of amides is 1. The lowest BCUT2D eigenvalue weighted by atomic mass is 9.87. The Morgan fingerprint density at radius 2 is 2.00 bits per heavy atom. The highest BCUT2D eigenvalue weighted by molar-refractivity contribution is 6.07. The van der Waals surface area contributed by atoms with Crippen molar-refractivity contribution >= 4 is 23.5 Å². The minimum Gasteiger partial charge on any atom is -0.495 e. The number of nitrogens with zero attached hydrogens (tertiary/aromatic N) is 3.